The number of ether oxygens (including phenoxy) is 2. The average molecular weight is 386 g/mol. The van der Waals surface area contributed by atoms with Gasteiger partial charge in [-0.15, -0.1) is 11.3 Å². The number of thiophene rings is 1. The van der Waals surface area contributed by atoms with E-state index in [0.717, 1.165) is 56.9 Å². The van der Waals surface area contributed by atoms with Crippen molar-refractivity contribution in [3.8, 4) is 11.5 Å². The first-order chi connectivity index (χ1) is 12.7. The van der Waals surface area contributed by atoms with Crippen LogP contribution in [0.4, 0.5) is 5.82 Å². The Hall–Kier alpha value is -1.99. The number of aromatic nitrogens is 2. The summed E-state index contributed by atoms with van der Waals surface area (Å²) < 4.78 is 10.8. The molecule has 0 unspecified atom stereocenters. The van der Waals surface area contributed by atoms with Crippen molar-refractivity contribution in [1.29, 1.82) is 0 Å². The fourth-order valence-electron chi connectivity index (χ4n) is 3.59. The van der Waals surface area contributed by atoms with Crippen LogP contribution >= 0.6 is 23.1 Å². The minimum Gasteiger partial charge on any atom is -0.454 e. The number of thioether (sulfide) groups is 1. The first-order valence-electron chi connectivity index (χ1n) is 8.76. The molecule has 134 valence electrons. The van der Waals surface area contributed by atoms with Crippen molar-refractivity contribution in [3.63, 3.8) is 0 Å². The van der Waals surface area contributed by atoms with Gasteiger partial charge in [-0.25, -0.2) is 9.97 Å². The molecule has 1 aliphatic carbocycles. The SMILES string of the molecule is C[C@@H]1CCc2c(sc3nc(SCc4ccc5c(c4)OCO5)nc(N)c23)C1. The second kappa shape index (κ2) is 6.32. The predicted molar refractivity (Wildman–Crippen MR) is 105 cm³/mol. The fourth-order valence-corrected chi connectivity index (χ4v) is 5.84. The number of anilines is 1. The lowest BCUT2D eigenvalue weighted by Crippen LogP contribution is -2.09. The normalized spacial score (nSPS) is 18.3. The molecule has 3 heterocycles. The van der Waals surface area contributed by atoms with Crippen molar-refractivity contribution < 1.29 is 9.47 Å². The Morgan fingerprint density at radius 1 is 1.27 bits per heavy atom. The lowest BCUT2D eigenvalue weighted by Gasteiger charge is -2.17. The smallest absolute Gasteiger partial charge is 0.231 e. The maximum atomic E-state index is 6.31. The molecule has 5 rings (SSSR count). The molecule has 0 fully saturated rings. The van der Waals surface area contributed by atoms with Crippen molar-refractivity contribution in [2.75, 3.05) is 12.5 Å². The van der Waals surface area contributed by atoms with E-state index in [1.54, 1.807) is 23.1 Å². The van der Waals surface area contributed by atoms with Crippen LogP contribution in [0.2, 0.25) is 0 Å². The van der Waals surface area contributed by atoms with Crippen molar-refractivity contribution >= 4 is 39.1 Å². The fraction of sp³-hybridized carbons (Fsp3) is 0.368. The van der Waals surface area contributed by atoms with Crippen molar-refractivity contribution in [2.45, 2.75) is 37.1 Å². The molecule has 2 N–H and O–H groups in total. The van der Waals surface area contributed by atoms with Crippen LogP contribution in [0.1, 0.15) is 29.3 Å². The van der Waals surface area contributed by atoms with E-state index in [9.17, 15) is 0 Å². The molecular weight excluding hydrogens is 366 g/mol. The van der Waals surface area contributed by atoms with Crippen LogP contribution in [0, 0.1) is 5.92 Å². The van der Waals surface area contributed by atoms with E-state index in [0.29, 0.717) is 12.6 Å². The number of hydrogen-bond acceptors (Lipinski definition) is 7. The molecule has 0 saturated carbocycles. The first kappa shape index (κ1) is 16.2. The average Bonchev–Trinajstić information content (AvgIpc) is 3.22. The molecule has 5 nitrogen and oxygen atoms in total. The molecule has 3 aromatic rings. The van der Waals surface area contributed by atoms with Crippen molar-refractivity contribution in [2.24, 2.45) is 5.92 Å². The van der Waals surface area contributed by atoms with E-state index in [-0.39, 0.29) is 0 Å². The van der Waals surface area contributed by atoms with Gasteiger partial charge < -0.3 is 15.2 Å². The highest BCUT2D eigenvalue weighted by atomic mass is 32.2. The molecule has 0 bridgehead atoms. The summed E-state index contributed by atoms with van der Waals surface area (Å²) in [5.74, 6) is 3.74. The van der Waals surface area contributed by atoms with Crippen LogP contribution < -0.4 is 15.2 Å². The Kier molecular flexibility index (Phi) is 3.94. The highest BCUT2D eigenvalue weighted by molar-refractivity contribution is 7.98. The molecule has 2 aromatic heterocycles. The van der Waals surface area contributed by atoms with Crippen LogP contribution in [0.25, 0.3) is 10.2 Å². The predicted octanol–water partition coefficient (Wildman–Crippen LogP) is 4.42. The monoisotopic (exact) mass is 385 g/mol. The third-order valence-electron chi connectivity index (χ3n) is 4.97. The standard InChI is InChI=1S/C19H19N3O2S2/c1-10-2-4-12-15(6-10)26-18-16(12)17(20)21-19(22-18)25-8-11-3-5-13-14(7-11)24-9-23-13/h3,5,7,10H,2,4,6,8-9H2,1H3,(H2,20,21,22)/t10-/m1/s1. The van der Waals surface area contributed by atoms with E-state index >= 15 is 0 Å². The topological polar surface area (TPSA) is 70.3 Å². The number of benzene rings is 1. The summed E-state index contributed by atoms with van der Waals surface area (Å²) >= 11 is 3.39. The summed E-state index contributed by atoms with van der Waals surface area (Å²) in [4.78, 5) is 11.8. The zero-order valence-electron chi connectivity index (χ0n) is 14.4. The molecule has 2 aliphatic rings. The Bertz CT molecular complexity index is 1000. The van der Waals surface area contributed by atoms with Crippen LogP contribution in [0.5, 0.6) is 11.5 Å². The first-order valence-corrected chi connectivity index (χ1v) is 10.6. The van der Waals surface area contributed by atoms with Crippen molar-refractivity contribution in [3.05, 3.63) is 34.2 Å². The largest absolute Gasteiger partial charge is 0.454 e. The molecule has 0 radical (unpaired) electrons. The number of nitrogen functional groups attached to an aromatic ring is 1. The molecule has 0 amide bonds. The molecule has 1 atom stereocenters. The molecule has 7 heteroatoms. The minimum absolute atomic E-state index is 0.296. The van der Waals surface area contributed by atoms with E-state index in [1.165, 1.54) is 16.9 Å². The van der Waals surface area contributed by atoms with Gasteiger partial charge in [-0.05, 0) is 48.4 Å². The van der Waals surface area contributed by atoms with Crippen molar-refractivity contribution in [1.82, 2.24) is 9.97 Å². The second-order valence-electron chi connectivity index (χ2n) is 6.90. The van der Waals surface area contributed by atoms with Gasteiger partial charge in [0, 0.05) is 10.6 Å². The summed E-state index contributed by atoms with van der Waals surface area (Å²) in [5, 5.41) is 1.82. The number of hydrogen-bond donors (Lipinski definition) is 1. The van der Waals surface area contributed by atoms with Gasteiger partial charge in [-0.1, -0.05) is 24.8 Å². The lowest BCUT2D eigenvalue weighted by molar-refractivity contribution is 0.174. The van der Waals surface area contributed by atoms with E-state index in [2.05, 4.69) is 11.9 Å². The van der Waals surface area contributed by atoms with Gasteiger partial charge in [-0.2, -0.15) is 0 Å². The van der Waals surface area contributed by atoms with Crippen LogP contribution in [-0.2, 0) is 18.6 Å². The zero-order valence-corrected chi connectivity index (χ0v) is 16.1. The van der Waals surface area contributed by atoms with E-state index in [4.69, 9.17) is 20.2 Å². The molecule has 1 aromatic carbocycles. The zero-order chi connectivity index (χ0) is 17.7. The number of nitrogens with two attached hydrogens (primary N) is 1. The number of aryl methyl sites for hydroxylation is 1. The van der Waals surface area contributed by atoms with Gasteiger partial charge >= 0.3 is 0 Å². The highest BCUT2D eigenvalue weighted by Gasteiger charge is 2.23. The molecule has 0 spiro atoms. The number of rotatable bonds is 3. The Morgan fingerprint density at radius 3 is 3.08 bits per heavy atom. The third kappa shape index (κ3) is 2.79. The van der Waals surface area contributed by atoms with Crippen LogP contribution in [0.3, 0.4) is 0 Å². The summed E-state index contributed by atoms with van der Waals surface area (Å²) in [6.07, 6.45) is 3.45. The number of nitrogens with zero attached hydrogens (tertiary/aromatic N) is 2. The van der Waals surface area contributed by atoms with Gasteiger partial charge in [0.1, 0.15) is 10.6 Å². The van der Waals surface area contributed by atoms with E-state index < -0.39 is 0 Å². The quantitative estimate of drug-likeness (QED) is 0.532. The summed E-state index contributed by atoms with van der Waals surface area (Å²) in [7, 11) is 0. The van der Waals surface area contributed by atoms with Gasteiger partial charge in [0.25, 0.3) is 0 Å². The summed E-state index contributed by atoms with van der Waals surface area (Å²) in [6.45, 7) is 2.61. The minimum atomic E-state index is 0.296. The Balaban J connectivity index is 1.41. The lowest BCUT2D eigenvalue weighted by atomic mass is 9.89. The molecular formula is C19H19N3O2S2. The molecule has 26 heavy (non-hydrogen) atoms. The van der Waals surface area contributed by atoms with Gasteiger partial charge in [0.15, 0.2) is 16.7 Å². The highest BCUT2D eigenvalue weighted by Crippen LogP contribution is 2.40. The summed E-state index contributed by atoms with van der Waals surface area (Å²) in [6, 6.07) is 6.02. The Morgan fingerprint density at radius 2 is 2.15 bits per heavy atom. The van der Waals surface area contributed by atoms with Crippen LogP contribution in [0.15, 0.2) is 23.4 Å². The van der Waals surface area contributed by atoms with Gasteiger partial charge in [0.05, 0.1) is 5.39 Å². The van der Waals surface area contributed by atoms with E-state index in [1.807, 2.05) is 18.2 Å². The Labute approximate surface area is 159 Å². The maximum absolute atomic E-state index is 6.31. The maximum Gasteiger partial charge on any atom is 0.231 e. The van der Waals surface area contributed by atoms with Gasteiger partial charge in [-0.3, -0.25) is 0 Å². The summed E-state index contributed by atoms with van der Waals surface area (Å²) in [5.41, 5.74) is 8.84. The third-order valence-corrected chi connectivity index (χ3v) is 7.03. The molecule has 1 aliphatic heterocycles. The number of fused-ring (bicyclic) bond motifs is 4. The van der Waals surface area contributed by atoms with Crippen LogP contribution in [-0.4, -0.2) is 16.8 Å². The second-order valence-corrected chi connectivity index (χ2v) is 8.93. The van der Waals surface area contributed by atoms with Gasteiger partial charge in [0.2, 0.25) is 6.79 Å². The molecule has 0 saturated heterocycles.